The first-order valence-electron chi connectivity index (χ1n) is 6.11. The van der Waals surface area contributed by atoms with Gasteiger partial charge in [-0.1, -0.05) is 13.3 Å². The molecule has 110 valence electrons. The first-order valence-corrected chi connectivity index (χ1v) is 6.11. The molecule has 0 saturated heterocycles. The van der Waals surface area contributed by atoms with Crippen LogP contribution in [0.3, 0.4) is 0 Å². The number of ether oxygens (including phenoxy) is 1. The van der Waals surface area contributed by atoms with Crippen LogP contribution >= 0.6 is 0 Å². The lowest BCUT2D eigenvalue weighted by Gasteiger charge is -2.14. The number of methoxy groups -OCH3 is 1. The summed E-state index contributed by atoms with van der Waals surface area (Å²) in [5.41, 5.74) is -0.0810. The molecule has 3 N–H and O–H groups in total. The summed E-state index contributed by atoms with van der Waals surface area (Å²) in [4.78, 5) is 22.6. The number of carbonyl (C=O) groups is 2. The third-order valence-electron chi connectivity index (χ3n) is 2.60. The van der Waals surface area contributed by atoms with E-state index >= 15 is 0 Å². The maximum Gasteiger partial charge on any atom is 0.326 e. The number of rotatable bonds is 6. The molecule has 7 heteroatoms. The number of anilines is 1. The third-order valence-corrected chi connectivity index (χ3v) is 2.60. The van der Waals surface area contributed by atoms with Gasteiger partial charge in [0.15, 0.2) is 0 Å². The lowest BCUT2D eigenvalue weighted by Crippen LogP contribution is -2.43. The first kappa shape index (κ1) is 15.7. The van der Waals surface area contributed by atoms with Gasteiger partial charge >= 0.3 is 12.0 Å². The number of hydrogen-bond acceptors (Lipinski definition) is 3. The van der Waals surface area contributed by atoms with E-state index in [1.807, 2.05) is 0 Å². The van der Waals surface area contributed by atoms with E-state index in [4.69, 9.17) is 9.84 Å². The molecular formula is C13H17FN2O4. The Morgan fingerprint density at radius 1 is 1.45 bits per heavy atom. The van der Waals surface area contributed by atoms with E-state index in [9.17, 15) is 14.0 Å². The summed E-state index contributed by atoms with van der Waals surface area (Å²) in [5, 5.41) is 13.5. The Balaban J connectivity index is 2.72. The second-order valence-corrected chi connectivity index (χ2v) is 4.12. The van der Waals surface area contributed by atoms with E-state index < -0.39 is 23.9 Å². The van der Waals surface area contributed by atoms with Gasteiger partial charge in [-0.05, 0) is 18.6 Å². The Labute approximate surface area is 115 Å². The molecule has 0 heterocycles. The predicted octanol–water partition coefficient (Wildman–Crippen LogP) is 2.21. The van der Waals surface area contributed by atoms with Crippen LogP contribution < -0.4 is 15.4 Å². The van der Waals surface area contributed by atoms with E-state index in [-0.39, 0.29) is 5.69 Å². The Morgan fingerprint density at radius 2 is 2.15 bits per heavy atom. The molecule has 1 rings (SSSR count). The fourth-order valence-electron chi connectivity index (χ4n) is 1.59. The van der Waals surface area contributed by atoms with E-state index in [2.05, 4.69) is 10.6 Å². The molecule has 0 radical (unpaired) electrons. The van der Waals surface area contributed by atoms with Crippen molar-refractivity contribution in [3.63, 3.8) is 0 Å². The van der Waals surface area contributed by atoms with Gasteiger partial charge in [0.25, 0.3) is 0 Å². The maximum absolute atomic E-state index is 13.5. The molecule has 20 heavy (non-hydrogen) atoms. The summed E-state index contributed by atoms with van der Waals surface area (Å²) in [6, 6.07) is 2.08. The lowest BCUT2D eigenvalue weighted by molar-refractivity contribution is -0.139. The monoisotopic (exact) mass is 284 g/mol. The van der Waals surface area contributed by atoms with Crippen LogP contribution in [0.5, 0.6) is 5.75 Å². The maximum atomic E-state index is 13.5. The van der Waals surface area contributed by atoms with Gasteiger partial charge in [-0.2, -0.15) is 0 Å². The average molecular weight is 284 g/mol. The molecular weight excluding hydrogens is 267 g/mol. The number of carboxylic acid groups (broad SMARTS) is 1. The second kappa shape index (κ2) is 7.32. The molecule has 0 aromatic heterocycles. The Bertz CT molecular complexity index is 493. The van der Waals surface area contributed by atoms with Crippen LogP contribution in [0.25, 0.3) is 0 Å². The van der Waals surface area contributed by atoms with Crippen molar-refractivity contribution in [1.82, 2.24) is 5.32 Å². The zero-order valence-corrected chi connectivity index (χ0v) is 11.3. The van der Waals surface area contributed by atoms with Crippen molar-refractivity contribution in [2.24, 2.45) is 0 Å². The fraction of sp³-hybridized carbons (Fsp3) is 0.385. The van der Waals surface area contributed by atoms with Crippen molar-refractivity contribution in [2.75, 3.05) is 12.4 Å². The molecule has 1 aromatic rings. The highest BCUT2D eigenvalue weighted by Crippen LogP contribution is 2.20. The van der Waals surface area contributed by atoms with E-state index in [1.54, 1.807) is 6.92 Å². The Hall–Kier alpha value is -2.31. The van der Waals surface area contributed by atoms with Crippen LogP contribution in [0.15, 0.2) is 18.2 Å². The van der Waals surface area contributed by atoms with Crippen molar-refractivity contribution in [2.45, 2.75) is 25.8 Å². The molecule has 0 bridgehead atoms. The normalized spacial score (nSPS) is 11.6. The summed E-state index contributed by atoms with van der Waals surface area (Å²) < 4.78 is 18.4. The molecule has 0 aliphatic rings. The minimum Gasteiger partial charge on any atom is -0.497 e. The number of amides is 2. The topological polar surface area (TPSA) is 87.7 Å². The first-order chi connectivity index (χ1) is 9.47. The van der Waals surface area contributed by atoms with Gasteiger partial charge in [-0.15, -0.1) is 0 Å². The van der Waals surface area contributed by atoms with Crippen molar-refractivity contribution >= 4 is 17.7 Å². The molecule has 0 aliphatic carbocycles. The third kappa shape index (κ3) is 4.42. The van der Waals surface area contributed by atoms with Crippen LogP contribution in [0.4, 0.5) is 14.9 Å². The molecule has 1 aromatic carbocycles. The summed E-state index contributed by atoms with van der Waals surface area (Å²) in [5.74, 6) is -1.39. The molecule has 0 spiro atoms. The number of nitrogens with one attached hydrogen (secondary N) is 2. The van der Waals surface area contributed by atoms with Crippen LogP contribution in [-0.2, 0) is 4.79 Å². The Morgan fingerprint density at radius 3 is 2.70 bits per heavy atom. The molecule has 1 atom stereocenters. The van der Waals surface area contributed by atoms with Crippen molar-refractivity contribution in [1.29, 1.82) is 0 Å². The van der Waals surface area contributed by atoms with Crippen molar-refractivity contribution in [3.8, 4) is 5.75 Å². The quantitative estimate of drug-likeness (QED) is 0.747. The van der Waals surface area contributed by atoms with Gasteiger partial charge in [0, 0.05) is 6.07 Å². The molecule has 0 unspecified atom stereocenters. The highest BCUT2D eigenvalue weighted by Gasteiger charge is 2.19. The minimum absolute atomic E-state index is 0.0810. The highest BCUT2D eigenvalue weighted by atomic mass is 19.1. The lowest BCUT2D eigenvalue weighted by atomic mass is 10.2. The number of benzene rings is 1. The van der Waals surface area contributed by atoms with Gasteiger partial charge in [0.2, 0.25) is 0 Å². The molecule has 0 fully saturated rings. The van der Waals surface area contributed by atoms with Crippen LogP contribution in [0.2, 0.25) is 0 Å². The number of carbonyl (C=O) groups excluding carboxylic acids is 1. The minimum atomic E-state index is -1.13. The molecule has 6 nitrogen and oxygen atoms in total. The van der Waals surface area contributed by atoms with E-state index in [0.29, 0.717) is 18.6 Å². The number of urea groups is 1. The average Bonchev–Trinajstić information content (AvgIpc) is 2.40. The zero-order valence-electron chi connectivity index (χ0n) is 11.3. The van der Waals surface area contributed by atoms with Crippen LogP contribution in [0.1, 0.15) is 19.8 Å². The van der Waals surface area contributed by atoms with E-state index in [0.717, 1.165) is 6.07 Å². The van der Waals surface area contributed by atoms with Gasteiger partial charge in [0.1, 0.15) is 17.6 Å². The predicted molar refractivity (Wildman–Crippen MR) is 71.4 cm³/mol. The van der Waals surface area contributed by atoms with Crippen LogP contribution in [-0.4, -0.2) is 30.3 Å². The fourth-order valence-corrected chi connectivity index (χ4v) is 1.59. The summed E-state index contributed by atoms with van der Waals surface area (Å²) >= 11 is 0. The van der Waals surface area contributed by atoms with Crippen molar-refractivity contribution in [3.05, 3.63) is 24.0 Å². The number of hydrogen-bond donors (Lipinski definition) is 3. The van der Waals surface area contributed by atoms with Gasteiger partial charge in [0.05, 0.1) is 12.8 Å². The summed E-state index contributed by atoms with van der Waals surface area (Å²) in [6.07, 6.45) is 0.897. The van der Waals surface area contributed by atoms with Crippen LogP contribution in [0, 0.1) is 5.82 Å². The zero-order chi connectivity index (χ0) is 15.1. The molecule has 2 amide bonds. The molecule has 0 aliphatic heterocycles. The largest absolute Gasteiger partial charge is 0.497 e. The molecule has 0 saturated carbocycles. The van der Waals surface area contributed by atoms with Gasteiger partial charge in [-0.3, -0.25) is 0 Å². The standard InChI is InChI=1S/C13H17FN2O4/c1-3-4-10(12(17)18)15-13(19)16-11-7-8(20-2)5-6-9(11)14/h5-7,10H,3-4H2,1-2H3,(H,17,18)(H2,15,16,19)/t10-/m1/s1. The smallest absolute Gasteiger partial charge is 0.326 e. The second-order valence-electron chi connectivity index (χ2n) is 4.12. The highest BCUT2D eigenvalue weighted by molar-refractivity contribution is 5.92. The number of carboxylic acids is 1. The van der Waals surface area contributed by atoms with Gasteiger partial charge < -0.3 is 20.5 Å². The summed E-state index contributed by atoms with van der Waals surface area (Å²) in [7, 11) is 1.42. The number of aliphatic carboxylic acids is 1. The summed E-state index contributed by atoms with van der Waals surface area (Å²) in [6.45, 7) is 1.80. The van der Waals surface area contributed by atoms with Gasteiger partial charge in [-0.25, -0.2) is 14.0 Å². The SMILES string of the molecule is CCC[C@@H](NC(=O)Nc1cc(OC)ccc1F)C(=O)O. The van der Waals surface area contributed by atoms with E-state index in [1.165, 1.54) is 19.2 Å². The Kier molecular flexibility index (Phi) is 5.76. The number of halogens is 1. The van der Waals surface area contributed by atoms with Crippen molar-refractivity contribution < 1.29 is 23.8 Å².